The van der Waals surface area contributed by atoms with Crippen LogP contribution in [0.5, 0.6) is 0 Å². The average molecular weight is 355 g/mol. The number of rotatable bonds is 6. The summed E-state index contributed by atoms with van der Waals surface area (Å²) >= 11 is 0. The SMILES string of the molecule is Cc1ccc(C)c(C(=O)CCC(=O)NC2(c3noc(C)n3)CCCC2)c1. The number of benzene rings is 1. The Morgan fingerprint density at radius 2 is 1.88 bits per heavy atom. The number of Topliss-reactive ketones (excluding diaryl/α,β-unsaturated/α-hetero) is 1. The molecule has 26 heavy (non-hydrogen) atoms. The van der Waals surface area contributed by atoms with Crippen molar-refractivity contribution in [2.45, 2.75) is 64.8 Å². The summed E-state index contributed by atoms with van der Waals surface area (Å²) in [5.41, 5.74) is 2.12. The van der Waals surface area contributed by atoms with Gasteiger partial charge in [0.05, 0.1) is 0 Å². The Kier molecular flexibility index (Phi) is 5.20. The van der Waals surface area contributed by atoms with E-state index in [9.17, 15) is 9.59 Å². The molecule has 3 rings (SSSR count). The predicted octanol–water partition coefficient (Wildman–Crippen LogP) is 3.54. The van der Waals surface area contributed by atoms with Crippen LogP contribution in [0.1, 0.15) is 71.7 Å². The highest BCUT2D eigenvalue weighted by atomic mass is 16.5. The van der Waals surface area contributed by atoms with Crippen LogP contribution in [0.15, 0.2) is 22.7 Å². The van der Waals surface area contributed by atoms with Gasteiger partial charge in [-0.05, 0) is 38.3 Å². The molecular weight excluding hydrogens is 330 g/mol. The van der Waals surface area contributed by atoms with Crippen molar-refractivity contribution in [1.29, 1.82) is 0 Å². The van der Waals surface area contributed by atoms with Gasteiger partial charge in [-0.1, -0.05) is 35.7 Å². The van der Waals surface area contributed by atoms with Crippen LogP contribution in [0.2, 0.25) is 0 Å². The first kappa shape index (κ1) is 18.3. The summed E-state index contributed by atoms with van der Waals surface area (Å²) in [4.78, 5) is 29.3. The van der Waals surface area contributed by atoms with E-state index in [2.05, 4.69) is 15.5 Å². The number of aryl methyl sites for hydroxylation is 3. The lowest BCUT2D eigenvalue weighted by Crippen LogP contribution is -2.44. The summed E-state index contributed by atoms with van der Waals surface area (Å²) in [6.45, 7) is 5.61. The molecule has 6 heteroatoms. The number of hydrogen-bond acceptors (Lipinski definition) is 5. The summed E-state index contributed by atoms with van der Waals surface area (Å²) in [5, 5.41) is 7.10. The van der Waals surface area contributed by atoms with E-state index in [1.54, 1.807) is 6.92 Å². The molecule has 138 valence electrons. The minimum absolute atomic E-state index is 0.00257. The standard InChI is InChI=1S/C20H25N3O3/c1-13-6-7-14(2)16(12-13)17(24)8-9-18(25)22-20(10-4-5-11-20)19-21-15(3)26-23-19/h6-7,12H,4-5,8-11H2,1-3H3,(H,22,25). The predicted molar refractivity (Wildman–Crippen MR) is 96.8 cm³/mol. The Balaban J connectivity index is 1.64. The Bertz CT molecular complexity index is 819. The number of nitrogens with zero attached hydrogens (tertiary/aromatic N) is 2. The molecule has 0 aliphatic heterocycles. The summed E-state index contributed by atoms with van der Waals surface area (Å²) in [6, 6.07) is 5.81. The second-order valence-electron chi connectivity index (χ2n) is 7.22. The van der Waals surface area contributed by atoms with Crippen LogP contribution in [-0.2, 0) is 10.3 Å². The van der Waals surface area contributed by atoms with E-state index in [0.29, 0.717) is 17.3 Å². The van der Waals surface area contributed by atoms with Crippen molar-refractivity contribution in [3.63, 3.8) is 0 Å². The van der Waals surface area contributed by atoms with Gasteiger partial charge >= 0.3 is 0 Å². The Hall–Kier alpha value is -2.50. The highest BCUT2D eigenvalue weighted by Gasteiger charge is 2.41. The molecule has 0 spiro atoms. The topological polar surface area (TPSA) is 85.1 Å². The zero-order valence-electron chi connectivity index (χ0n) is 15.6. The molecule has 1 heterocycles. The zero-order chi connectivity index (χ0) is 18.7. The summed E-state index contributed by atoms with van der Waals surface area (Å²) in [6.07, 6.45) is 3.96. The fourth-order valence-electron chi connectivity index (χ4n) is 3.60. The van der Waals surface area contributed by atoms with Crippen molar-refractivity contribution in [3.05, 3.63) is 46.6 Å². The van der Waals surface area contributed by atoms with Crippen molar-refractivity contribution in [3.8, 4) is 0 Å². The number of aromatic nitrogens is 2. The van der Waals surface area contributed by atoms with Gasteiger partial charge < -0.3 is 9.84 Å². The Labute approximate surface area is 153 Å². The monoisotopic (exact) mass is 355 g/mol. The molecule has 1 aliphatic carbocycles. The zero-order valence-corrected chi connectivity index (χ0v) is 15.6. The molecule has 0 bridgehead atoms. The molecule has 2 aromatic rings. The van der Waals surface area contributed by atoms with Crippen molar-refractivity contribution in [2.75, 3.05) is 0 Å². The fraction of sp³-hybridized carbons (Fsp3) is 0.500. The van der Waals surface area contributed by atoms with Crippen LogP contribution in [-0.4, -0.2) is 21.8 Å². The number of nitrogens with one attached hydrogen (secondary N) is 1. The number of carbonyl (C=O) groups is 2. The first-order chi connectivity index (χ1) is 12.4. The van der Waals surface area contributed by atoms with Gasteiger partial charge in [0.15, 0.2) is 11.6 Å². The minimum atomic E-state index is -0.558. The van der Waals surface area contributed by atoms with Gasteiger partial charge in [-0.15, -0.1) is 0 Å². The van der Waals surface area contributed by atoms with E-state index < -0.39 is 5.54 Å². The molecule has 1 saturated carbocycles. The number of hydrogen-bond donors (Lipinski definition) is 1. The highest BCUT2D eigenvalue weighted by Crippen LogP contribution is 2.37. The van der Waals surface area contributed by atoms with Crippen LogP contribution in [0.3, 0.4) is 0 Å². The van der Waals surface area contributed by atoms with Gasteiger partial charge in [0, 0.05) is 25.3 Å². The molecule has 0 unspecified atom stereocenters. The van der Waals surface area contributed by atoms with Crippen LogP contribution >= 0.6 is 0 Å². The van der Waals surface area contributed by atoms with Gasteiger partial charge in [0.1, 0.15) is 5.54 Å². The molecule has 0 atom stereocenters. The number of ketones is 1. The van der Waals surface area contributed by atoms with Crippen LogP contribution in [0, 0.1) is 20.8 Å². The molecule has 1 N–H and O–H groups in total. The van der Waals surface area contributed by atoms with Gasteiger partial charge in [0.2, 0.25) is 11.8 Å². The van der Waals surface area contributed by atoms with Crippen LogP contribution in [0.25, 0.3) is 0 Å². The molecule has 1 fully saturated rings. The normalized spacial score (nSPS) is 15.8. The molecule has 1 aromatic carbocycles. The third kappa shape index (κ3) is 3.84. The maximum Gasteiger partial charge on any atom is 0.223 e. The van der Waals surface area contributed by atoms with Crippen LogP contribution < -0.4 is 5.32 Å². The van der Waals surface area contributed by atoms with E-state index in [1.807, 2.05) is 32.0 Å². The maximum absolute atomic E-state index is 12.5. The number of carbonyl (C=O) groups excluding carboxylic acids is 2. The molecule has 6 nitrogen and oxygen atoms in total. The average Bonchev–Trinajstić information content (AvgIpc) is 3.25. The van der Waals surface area contributed by atoms with Crippen molar-refractivity contribution >= 4 is 11.7 Å². The summed E-state index contributed by atoms with van der Waals surface area (Å²) in [7, 11) is 0. The summed E-state index contributed by atoms with van der Waals surface area (Å²) < 4.78 is 5.10. The second-order valence-corrected chi connectivity index (χ2v) is 7.22. The largest absolute Gasteiger partial charge is 0.343 e. The van der Waals surface area contributed by atoms with E-state index in [0.717, 1.165) is 36.8 Å². The van der Waals surface area contributed by atoms with Gasteiger partial charge in [-0.2, -0.15) is 4.98 Å². The molecule has 1 amide bonds. The fourth-order valence-corrected chi connectivity index (χ4v) is 3.60. The van der Waals surface area contributed by atoms with Gasteiger partial charge in [0.25, 0.3) is 0 Å². The lowest BCUT2D eigenvalue weighted by atomic mass is 9.95. The third-order valence-corrected chi connectivity index (χ3v) is 5.06. The van der Waals surface area contributed by atoms with Gasteiger partial charge in [-0.25, -0.2) is 0 Å². The van der Waals surface area contributed by atoms with Crippen molar-refractivity contribution in [2.24, 2.45) is 0 Å². The smallest absolute Gasteiger partial charge is 0.223 e. The first-order valence-corrected chi connectivity index (χ1v) is 9.12. The summed E-state index contributed by atoms with van der Waals surface area (Å²) in [5.74, 6) is 0.887. The first-order valence-electron chi connectivity index (χ1n) is 9.12. The Morgan fingerprint density at radius 3 is 2.54 bits per heavy atom. The van der Waals surface area contributed by atoms with E-state index >= 15 is 0 Å². The van der Waals surface area contributed by atoms with Crippen LogP contribution in [0.4, 0.5) is 0 Å². The molecule has 1 aliphatic rings. The maximum atomic E-state index is 12.5. The number of amides is 1. The molecular formula is C20H25N3O3. The van der Waals surface area contributed by atoms with Crippen molar-refractivity contribution in [1.82, 2.24) is 15.5 Å². The molecule has 0 radical (unpaired) electrons. The quantitative estimate of drug-likeness (QED) is 0.801. The highest BCUT2D eigenvalue weighted by molar-refractivity contribution is 5.99. The van der Waals surface area contributed by atoms with Gasteiger partial charge in [-0.3, -0.25) is 9.59 Å². The minimum Gasteiger partial charge on any atom is -0.343 e. The van der Waals surface area contributed by atoms with Crippen molar-refractivity contribution < 1.29 is 14.1 Å². The van der Waals surface area contributed by atoms with E-state index in [1.165, 1.54) is 0 Å². The molecule has 1 aromatic heterocycles. The van der Waals surface area contributed by atoms with E-state index in [-0.39, 0.29) is 24.5 Å². The lowest BCUT2D eigenvalue weighted by molar-refractivity contribution is -0.123. The Morgan fingerprint density at radius 1 is 1.15 bits per heavy atom. The lowest BCUT2D eigenvalue weighted by Gasteiger charge is -2.26. The van der Waals surface area contributed by atoms with E-state index in [4.69, 9.17) is 4.52 Å². The third-order valence-electron chi connectivity index (χ3n) is 5.06. The molecule has 0 saturated heterocycles. The second kappa shape index (κ2) is 7.40.